The van der Waals surface area contributed by atoms with E-state index in [9.17, 15) is 4.79 Å². The molecule has 0 aliphatic heterocycles. The highest BCUT2D eigenvalue weighted by Gasteiger charge is 2.62. The van der Waals surface area contributed by atoms with Crippen molar-refractivity contribution in [3.63, 3.8) is 0 Å². The van der Waals surface area contributed by atoms with E-state index in [1.165, 1.54) is 6.42 Å². The summed E-state index contributed by atoms with van der Waals surface area (Å²) in [6.45, 7) is 6.78. The molecule has 2 saturated carbocycles. The lowest BCUT2D eigenvalue weighted by molar-refractivity contribution is -0.155. The van der Waals surface area contributed by atoms with Crippen LogP contribution in [0.15, 0.2) is 9.52 Å². The number of halogens is 3. The van der Waals surface area contributed by atoms with Gasteiger partial charge in [-0.15, -0.1) is 0 Å². The Balaban J connectivity index is 2.03. The molecule has 2 bridgehead atoms. The molecule has 0 radical (unpaired) electrons. The van der Waals surface area contributed by atoms with Gasteiger partial charge in [-0.1, -0.05) is 55.6 Å². The van der Waals surface area contributed by atoms with Gasteiger partial charge in [-0.05, 0) is 30.6 Å². The Hall–Kier alpha value is 0.0800. The van der Waals surface area contributed by atoms with E-state index in [1.807, 2.05) is 0 Å². The van der Waals surface area contributed by atoms with E-state index in [-0.39, 0.29) is 38.8 Å². The second-order valence-corrected chi connectivity index (χ2v) is 7.84. The Morgan fingerprint density at radius 2 is 1.89 bits per heavy atom. The Morgan fingerprint density at radius 3 is 2.32 bits per heavy atom. The van der Waals surface area contributed by atoms with Gasteiger partial charge < -0.3 is 4.74 Å². The molecule has 2 rings (SSSR count). The Bertz CT molecular complexity index is 426. The van der Waals surface area contributed by atoms with Crippen molar-refractivity contribution in [2.45, 2.75) is 52.6 Å². The zero-order chi connectivity index (χ0) is 14.4. The van der Waals surface area contributed by atoms with Crippen molar-refractivity contribution in [2.75, 3.05) is 0 Å². The van der Waals surface area contributed by atoms with Gasteiger partial charge in [0.25, 0.3) is 0 Å². The summed E-state index contributed by atoms with van der Waals surface area (Å²) in [7, 11) is 0. The molecule has 2 aliphatic rings. The first-order valence-corrected chi connectivity index (χ1v) is 7.71. The minimum Gasteiger partial charge on any atom is -0.461 e. The third kappa shape index (κ3) is 2.52. The van der Waals surface area contributed by atoms with Gasteiger partial charge in [0.05, 0.1) is 11.5 Å². The van der Waals surface area contributed by atoms with Gasteiger partial charge in [-0.2, -0.15) is 0 Å². The molecule has 0 N–H and O–H groups in total. The van der Waals surface area contributed by atoms with Gasteiger partial charge in [0.2, 0.25) is 0 Å². The van der Waals surface area contributed by atoms with Crippen molar-refractivity contribution >= 4 is 40.8 Å². The number of fused-ring (bicyclic) bond motifs is 2. The highest BCUT2D eigenvalue weighted by molar-refractivity contribution is 6.59. The van der Waals surface area contributed by atoms with E-state index in [0.717, 1.165) is 12.8 Å². The van der Waals surface area contributed by atoms with Gasteiger partial charge in [-0.25, -0.2) is 0 Å². The van der Waals surface area contributed by atoms with Crippen molar-refractivity contribution in [2.24, 2.45) is 16.7 Å². The van der Waals surface area contributed by atoms with Crippen LogP contribution in [0.3, 0.4) is 0 Å². The number of esters is 1. The van der Waals surface area contributed by atoms with Crippen LogP contribution in [0, 0.1) is 16.7 Å². The molecule has 0 aromatic carbocycles. The van der Waals surface area contributed by atoms with Crippen LogP contribution in [0.2, 0.25) is 0 Å². The Labute approximate surface area is 129 Å². The quantitative estimate of drug-likeness (QED) is 0.681. The molecule has 19 heavy (non-hydrogen) atoms. The van der Waals surface area contributed by atoms with Crippen LogP contribution in [-0.2, 0) is 9.53 Å². The molecule has 3 unspecified atom stereocenters. The summed E-state index contributed by atoms with van der Waals surface area (Å²) in [5, 5.41) is 0.140. The molecule has 3 atom stereocenters. The fourth-order valence-electron chi connectivity index (χ4n) is 3.70. The molecular formula is C14H19Cl3O2. The predicted molar refractivity (Wildman–Crippen MR) is 78.3 cm³/mol. The first-order valence-electron chi connectivity index (χ1n) is 6.57. The number of hydrogen-bond donors (Lipinski definition) is 0. The second kappa shape index (κ2) is 5.13. The SMILES string of the molecule is CC1(C)C2CCC1(C)C(OC(=O)CC(Cl)=C(Cl)Cl)C2. The first-order chi connectivity index (χ1) is 8.68. The highest BCUT2D eigenvalue weighted by Crippen LogP contribution is 2.66. The van der Waals surface area contributed by atoms with Crippen molar-refractivity contribution in [1.82, 2.24) is 0 Å². The molecule has 0 amide bonds. The summed E-state index contributed by atoms with van der Waals surface area (Å²) in [6.07, 6.45) is 3.22. The average Bonchev–Trinajstić information content (AvgIpc) is 2.61. The van der Waals surface area contributed by atoms with E-state index in [1.54, 1.807) is 0 Å². The van der Waals surface area contributed by atoms with E-state index in [4.69, 9.17) is 39.5 Å². The monoisotopic (exact) mass is 324 g/mol. The third-order valence-corrected chi connectivity index (χ3v) is 6.46. The molecule has 0 spiro atoms. The van der Waals surface area contributed by atoms with Gasteiger partial charge in [-0.3, -0.25) is 4.79 Å². The largest absolute Gasteiger partial charge is 0.461 e. The molecule has 108 valence electrons. The lowest BCUT2D eigenvalue weighted by Gasteiger charge is -2.38. The molecular weight excluding hydrogens is 307 g/mol. The van der Waals surface area contributed by atoms with Gasteiger partial charge >= 0.3 is 5.97 Å². The maximum absolute atomic E-state index is 11.9. The molecule has 0 aromatic rings. The van der Waals surface area contributed by atoms with Crippen LogP contribution in [0.4, 0.5) is 0 Å². The summed E-state index contributed by atoms with van der Waals surface area (Å²) in [4.78, 5) is 11.9. The number of carbonyl (C=O) groups excluding carboxylic acids is 1. The van der Waals surface area contributed by atoms with Crippen LogP contribution in [-0.4, -0.2) is 12.1 Å². The van der Waals surface area contributed by atoms with E-state index in [2.05, 4.69) is 20.8 Å². The average molecular weight is 326 g/mol. The number of rotatable bonds is 3. The molecule has 2 aliphatic carbocycles. The van der Waals surface area contributed by atoms with Gasteiger partial charge in [0.15, 0.2) is 0 Å². The molecule has 2 nitrogen and oxygen atoms in total. The van der Waals surface area contributed by atoms with Gasteiger partial charge in [0.1, 0.15) is 10.6 Å². The highest BCUT2D eigenvalue weighted by atomic mass is 35.5. The van der Waals surface area contributed by atoms with Crippen LogP contribution < -0.4 is 0 Å². The van der Waals surface area contributed by atoms with Gasteiger partial charge in [0, 0.05) is 5.41 Å². The summed E-state index contributed by atoms with van der Waals surface area (Å²) < 4.78 is 5.56. The number of ether oxygens (including phenoxy) is 1. The topological polar surface area (TPSA) is 26.3 Å². The number of carbonyl (C=O) groups is 1. The van der Waals surface area contributed by atoms with Crippen LogP contribution in [0.5, 0.6) is 0 Å². The third-order valence-electron chi connectivity index (χ3n) is 5.49. The zero-order valence-electron chi connectivity index (χ0n) is 11.4. The normalized spacial score (nSPS) is 35.3. The van der Waals surface area contributed by atoms with Crippen molar-refractivity contribution < 1.29 is 9.53 Å². The Kier molecular flexibility index (Phi) is 4.17. The molecule has 2 fully saturated rings. The van der Waals surface area contributed by atoms with Crippen LogP contribution >= 0.6 is 34.8 Å². The lowest BCUT2D eigenvalue weighted by atomic mass is 9.70. The maximum atomic E-state index is 11.9. The fourth-order valence-corrected chi connectivity index (χ4v) is 3.95. The molecule has 5 heteroatoms. The number of hydrogen-bond acceptors (Lipinski definition) is 2. The van der Waals surface area contributed by atoms with Crippen LogP contribution in [0.1, 0.15) is 46.5 Å². The first kappa shape index (κ1) is 15.5. The predicted octanol–water partition coefficient (Wildman–Crippen LogP) is 5.02. The standard InChI is InChI=1S/C14H19Cl3O2/c1-13(2)8-4-5-14(13,3)10(6-8)19-11(18)7-9(15)12(16)17/h8,10H,4-7H2,1-3H3. The van der Waals surface area contributed by atoms with Crippen LogP contribution in [0.25, 0.3) is 0 Å². The maximum Gasteiger partial charge on any atom is 0.311 e. The van der Waals surface area contributed by atoms with E-state index < -0.39 is 0 Å². The minimum atomic E-state index is -0.349. The van der Waals surface area contributed by atoms with E-state index >= 15 is 0 Å². The summed E-state index contributed by atoms with van der Waals surface area (Å²) in [5.74, 6) is 0.288. The smallest absolute Gasteiger partial charge is 0.311 e. The van der Waals surface area contributed by atoms with E-state index in [0.29, 0.717) is 5.92 Å². The summed E-state index contributed by atoms with van der Waals surface area (Å²) in [5.41, 5.74) is 0.288. The summed E-state index contributed by atoms with van der Waals surface area (Å²) in [6, 6.07) is 0. The van der Waals surface area contributed by atoms with Crippen molar-refractivity contribution in [1.29, 1.82) is 0 Å². The minimum absolute atomic E-state index is 0.0210. The fraction of sp³-hybridized carbons (Fsp3) is 0.786. The molecule has 0 aromatic heterocycles. The lowest BCUT2D eigenvalue weighted by Crippen LogP contribution is -2.38. The second-order valence-electron chi connectivity index (χ2n) is 6.43. The summed E-state index contributed by atoms with van der Waals surface area (Å²) >= 11 is 16.8. The molecule has 0 saturated heterocycles. The zero-order valence-corrected chi connectivity index (χ0v) is 13.7. The van der Waals surface area contributed by atoms with Crippen molar-refractivity contribution in [3.05, 3.63) is 9.52 Å². The Morgan fingerprint density at radius 1 is 1.26 bits per heavy atom. The van der Waals surface area contributed by atoms with Crippen molar-refractivity contribution in [3.8, 4) is 0 Å². The molecule has 0 heterocycles.